The SMILES string of the molecule is CCN1C(=O)c2c(O)c(=O)c(C(=O)CCc3c(F)cccc3F)cn2N2CCCC[C@@H]12. The number of piperidine rings is 1. The Kier molecular flexibility index (Phi) is 5.51. The Morgan fingerprint density at radius 1 is 1.19 bits per heavy atom. The lowest BCUT2D eigenvalue weighted by molar-refractivity contribution is 0.0534. The molecule has 9 heteroatoms. The molecule has 164 valence electrons. The number of carbonyl (C=O) groups is 2. The first-order valence-electron chi connectivity index (χ1n) is 10.4. The van der Waals surface area contributed by atoms with Crippen LogP contribution in [0.3, 0.4) is 0 Å². The summed E-state index contributed by atoms with van der Waals surface area (Å²) in [6.45, 7) is 2.84. The molecule has 0 unspecified atom stereocenters. The van der Waals surface area contributed by atoms with E-state index in [4.69, 9.17) is 0 Å². The number of aromatic nitrogens is 1. The second-order valence-electron chi connectivity index (χ2n) is 7.77. The van der Waals surface area contributed by atoms with E-state index in [1.54, 1.807) is 4.90 Å². The van der Waals surface area contributed by atoms with E-state index < -0.39 is 34.5 Å². The number of benzene rings is 1. The predicted molar refractivity (Wildman–Crippen MR) is 109 cm³/mol. The van der Waals surface area contributed by atoms with Crippen LogP contribution < -0.4 is 10.4 Å². The minimum absolute atomic E-state index is 0.165. The first kappa shape index (κ1) is 21.0. The molecule has 1 N–H and O–H groups in total. The number of amides is 1. The number of carbonyl (C=O) groups excluding carboxylic acids is 2. The molecule has 7 nitrogen and oxygen atoms in total. The Bertz CT molecular complexity index is 1090. The average molecular weight is 431 g/mol. The lowest BCUT2D eigenvalue weighted by Crippen LogP contribution is -2.63. The number of aromatic hydroxyl groups is 1. The Morgan fingerprint density at radius 3 is 2.58 bits per heavy atom. The zero-order valence-corrected chi connectivity index (χ0v) is 17.1. The van der Waals surface area contributed by atoms with E-state index in [0.717, 1.165) is 31.4 Å². The Balaban J connectivity index is 1.71. The van der Waals surface area contributed by atoms with E-state index in [9.17, 15) is 28.3 Å². The van der Waals surface area contributed by atoms with Gasteiger partial charge in [-0.1, -0.05) is 6.07 Å². The largest absolute Gasteiger partial charge is 0.502 e. The van der Waals surface area contributed by atoms with E-state index in [1.165, 1.54) is 16.9 Å². The molecule has 1 fully saturated rings. The number of fused-ring (bicyclic) bond motifs is 3. The van der Waals surface area contributed by atoms with Gasteiger partial charge in [0.15, 0.2) is 17.2 Å². The number of halogens is 2. The summed E-state index contributed by atoms with van der Waals surface area (Å²) in [5.41, 5.74) is -1.66. The Labute approximate surface area is 177 Å². The zero-order chi connectivity index (χ0) is 22.3. The molecule has 0 aliphatic carbocycles. The van der Waals surface area contributed by atoms with E-state index in [2.05, 4.69) is 0 Å². The van der Waals surface area contributed by atoms with E-state index in [-0.39, 0.29) is 35.8 Å². The van der Waals surface area contributed by atoms with Gasteiger partial charge in [0, 0.05) is 31.3 Å². The summed E-state index contributed by atoms with van der Waals surface area (Å²) >= 11 is 0. The van der Waals surface area contributed by atoms with Gasteiger partial charge in [-0.25, -0.2) is 8.78 Å². The lowest BCUT2D eigenvalue weighted by atomic mass is 10.0. The molecule has 2 aliphatic rings. The maximum Gasteiger partial charge on any atom is 0.278 e. The molecule has 0 radical (unpaired) electrons. The molecule has 1 atom stereocenters. The third-order valence-corrected chi connectivity index (χ3v) is 6.01. The Hall–Kier alpha value is -3.23. The number of Topliss-reactive ketones (excluding diaryl/α,β-unsaturated/α-hetero) is 1. The van der Waals surface area contributed by atoms with Crippen LogP contribution in [-0.4, -0.2) is 45.6 Å². The van der Waals surface area contributed by atoms with Crippen LogP contribution in [0, 0.1) is 11.6 Å². The van der Waals surface area contributed by atoms with Gasteiger partial charge in [0.1, 0.15) is 17.8 Å². The van der Waals surface area contributed by atoms with Crippen LogP contribution in [0.25, 0.3) is 0 Å². The van der Waals surface area contributed by atoms with Crippen molar-refractivity contribution in [3.8, 4) is 5.75 Å². The lowest BCUT2D eigenvalue weighted by Gasteiger charge is -2.48. The van der Waals surface area contributed by atoms with Gasteiger partial charge in [0.25, 0.3) is 5.91 Å². The van der Waals surface area contributed by atoms with Gasteiger partial charge < -0.3 is 10.0 Å². The van der Waals surface area contributed by atoms with Gasteiger partial charge in [0.05, 0.1) is 5.56 Å². The highest BCUT2D eigenvalue weighted by Gasteiger charge is 2.40. The summed E-state index contributed by atoms with van der Waals surface area (Å²) in [6.07, 6.45) is 3.05. The predicted octanol–water partition coefficient (Wildman–Crippen LogP) is 2.57. The van der Waals surface area contributed by atoms with Gasteiger partial charge in [0.2, 0.25) is 5.43 Å². The van der Waals surface area contributed by atoms with Gasteiger partial charge in [-0.15, -0.1) is 0 Å². The third-order valence-electron chi connectivity index (χ3n) is 6.01. The first-order valence-corrected chi connectivity index (χ1v) is 10.4. The van der Waals surface area contributed by atoms with Gasteiger partial charge >= 0.3 is 0 Å². The van der Waals surface area contributed by atoms with E-state index in [1.807, 2.05) is 11.9 Å². The number of pyridine rings is 1. The van der Waals surface area contributed by atoms with E-state index in [0.29, 0.717) is 13.1 Å². The monoisotopic (exact) mass is 431 g/mol. The summed E-state index contributed by atoms with van der Waals surface area (Å²) < 4.78 is 29.1. The fraction of sp³-hybridized carbons (Fsp3) is 0.409. The minimum Gasteiger partial charge on any atom is -0.502 e. The Morgan fingerprint density at radius 2 is 1.90 bits per heavy atom. The second-order valence-corrected chi connectivity index (χ2v) is 7.77. The van der Waals surface area contributed by atoms with Crippen molar-refractivity contribution < 1.29 is 23.5 Å². The quantitative estimate of drug-likeness (QED) is 0.736. The van der Waals surface area contributed by atoms with Crippen LogP contribution in [-0.2, 0) is 6.42 Å². The topological polar surface area (TPSA) is 82.9 Å². The van der Waals surface area contributed by atoms with Crippen LogP contribution in [0.2, 0.25) is 0 Å². The highest BCUT2D eigenvalue weighted by atomic mass is 19.1. The number of hydrogen-bond donors (Lipinski definition) is 1. The molecule has 0 saturated carbocycles. The fourth-order valence-electron chi connectivity index (χ4n) is 4.43. The summed E-state index contributed by atoms with van der Waals surface area (Å²) in [6, 6.07) is 3.43. The highest BCUT2D eigenvalue weighted by molar-refractivity contribution is 6.00. The maximum atomic E-state index is 13.9. The van der Waals surface area contributed by atoms with Crippen molar-refractivity contribution >= 4 is 11.7 Å². The fourth-order valence-corrected chi connectivity index (χ4v) is 4.43. The molecule has 2 aliphatic heterocycles. The molecule has 0 bridgehead atoms. The van der Waals surface area contributed by atoms with Crippen LogP contribution >= 0.6 is 0 Å². The van der Waals surface area contributed by atoms with Crippen LogP contribution in [0.15, 0.2) is 29.2 Å². The normalized spacial score (nSPS) is 18.0. The van der Waals surface area contributed by atoms with Crippen molar-refractivity contribution in [3.63, 3.8) is 0 Å². The molecular formula is C22H23F2N3O4. The number of ketones is 1. The molecule has 2 aromatic rings. The molecule has 4 rings (SSSR count). The zero-order valence-electron chi connectivity index (χ0n) is 17.1. The van der Waals surface area contributed by atoms with Crippen LogP contribution in [0.1, 0.15) is 59.0 Å². The summed E-state index contributed by atoms with van der Waals surface area (Å²) in [5, 5.41) is 12.4. The number of hydrogen-bond acceptors (Lipinski definition) is 5. The molecule has 1 aromatic heterocycles. The van der Waals surface area contributed by atoms with Gasteiger partial charge in [-0.2, -0.15) is 0 Å². The number of nitrogens with zero attached hydrogens (tertiary/aromatic N) is 3. The molecular weight excluding hydrogens is 408 g/mol. The summed E-state index contributed by atoms with van der Waals surface area (Å²) in [7, 11) is 0. The standard InChI is InChI=1S/C22H23F2N3O4/c1-2-25-18-8-3-4-11-26(18)27-12-14(20(29)21(30)19(27)22(25)31)17(28)10-9-13-15(23)6-5-7-16(13)24/h5-7,12,18,30H,2-4,8-11H2,1H3/t18-/m0/s1. The molecule has 3 heterocycles. The minimum atomic E-state index is -0.954. The smallest absolute Gasteiger partial charge is 0.278 e. The molecule has 1 saturated heterocycles. The summed E-state index contributed by atoms with van der Waals surface area (Å²) in [5.74, 6) is -3.43. The summed E-state index contributed by atoms with van der Waals surface area (Å²) in [4.78, 5) is 40.0. The molecule has 0 spiro atoms. The maximum absolute atomic E-state index is 13.9. The van der Waals surface area contributed by atoms with Gasteiger partial charge in [-0.05, 0) is 44.7 Å². The van der Waals surface area contributed by atoms with Crippen LogP contribution in [0.4, 0.5) is 8.78 Å². The average Bonchev–Trinajstić information content (AvgIpc) is 2.75. The molecule has 1 amide bonds. The second kappa shape index (κ2) is 8.13. The van der Waals surface area contributed by atoms with Crippen molar-refractivity contribution in [2.75, 3.05) is 18.1 Å². The van der Waals surface area contributed by atoms with Crippen molar-refractivity contribution in [3.05, 3.63) is 63.1 Å². The van der Waals surface area contributed by atoms with Crippen LogP contribution in [0.5, 0.6) is 5.75 Å². The van der Waals surface area contributed by atoms with Crippen molar-refractivity contribution in [1.29, 1.82) is 0 Å². The third kappa shape index (κ3) is 3.47. The van der Waals surface area contributed by atoms with Crippen molar-refractivity contribution in [2.24, 2.45) is 0 Å². The number of rotatable bonds is 5. The van der Waals surface area contributed by atoms with Gasteiger partial charge in [-0.3, -0.25) is 24.1 Å². The van der Waals surface area contributed by atoms with Crippen molar-refractivity contribution in [2.45, 2.75) is 45.2 Å². The molecule has 1 aromatic carbocycles. The molecule has 31 heavy (non-hydrogen) atoms. The highest BCUT2D eigenvalue weighted by Crippen LogP contribution is 2.29. The van der Waals surface area contributed by atoms with E-state index >= 15 is 0 Å². The van der Waals surface area contributed by atoms with Crippen molar-refractivity contribution in [1.82, 2.24) is 9.58 Å². The first-order chi connectivity index (χ1) is 14.8.